The molecule has 2 rings (SSSR count). The van der Waals surface area contributed by atoms with Gasteiger partial charge in [0, 0.05) is 18.6 Å². The number of hydrogen-bond acceptors (Lipinski definition) is 2. The van der Waals surface area contributed by atoms with Crippen molar-refractivity contribution in [1.29, 1.82) is 0 Å². The number of aryl methyl sites for hydroxylation is 1. The Balaban J connectivity index is 1.91. The summed E-state index contributed by atoms with van der Waals surface area (Å²) in [6.07, 6.45) is 6.70. The molecular weight excluding hydrogens is 244 g/mol. The van der Waals surface area contributed by atoms with Crippen LogP contribution in [0.1, 0.15) is 56.2 Å². The van der Waals surface area contributed by atoms with E-state index >= 15 is 0 Å². The monoisotopic (exact) mass is 274 g/mol. The van der Waals surface area contributed by atoms with Gasteiger partial charge in [-0.3, -0.25) is 0 Å². The van der Waals surface area contributed by atoms with Gasteiger partial charge in [0.25, 0.3) is 0 Å². The molecule has 1 heterocycles. The van der Waals surface area contributed by atoms with E-state index in [0.29, 0.717) is 6.04 Å². The molecule has 0 aliphatic carbocycles. The lowest BCUT2D eigenvalue weighted by Gasteiger charge is -2.36. The van der Waals surface area contributed by atoms with Crippen LogP contribution in [0.5, 0.6) is 0 Å². The van der Waals surface area contributed by atoms with Crippen molar-refractivity contribution in [3.8, 4) is 0 Å². The highest BCUT2D eigenvalue weighted by molar-refractivity contribution is 5.24. The minimum Gasteiger partial charge on any atom is -0.313 e. The van der Waals surface area contributed by atoms with Crippen molar-refractivity contribution in [2.75, 3.05) is 20.1 Å². The number of rotatable bonds is 6. The van der Waals surface area contributed by atoms with E-state index < -0.39 is 0 Å². The van der Waals surface area contributed by atoms with Crippen LogP contribution in [0.15, 0.2) is 24.3 Å². The topological polar surface area (TPSA) is 15.3 Å². The Hall–Kier alpha value is -0.860. The molecule has 0 bridgehead atoms. The second-order valence-corrected chi connectivity index (χ2v) is 6.13. The lowest BCUT2D eigenvalue weighted by atomic mass is 9.97. The SMILES string of the molecule is CCC1CCCCN1CCC(NC)c1ccc(C)cc1. The summed E-state index contributed by atoms with van der Waals surface area (Å²) in [7, 11) is 2.08. The van der Waals surface area contributed by atoms with Crippen molar-refractivity contribution < 1.29 is 0 Å². The zero-order valence-corrected chi connectivity index (χ0v) is 13.4. The van der Waals surface area contributed by atoms with E-state index in [1.165, 1.54) is 56.3 Å². The lowest BCUT2D eigenvalue weighted by molar-refractivity contribution is 0.138. The smallest absolute Gasteiger partial charge is 0.0329 e. The molecule has 0 aromatic heterocycles. The van der Waals surface area contributed by atoms with Crippen LogP contribution >= 0.6 is 0 Å². The highest BCUT2D eigenvalue weighted by Crippen LogP contribution is 2.23. The summed E-state index contributed by atoms with van der Waals surface area (Å²) in [5, 5.41) is 3.48. The van der Waals surface area contributed by atoms with Gasteiger partial charge >= 0.3 is 0 Å². The first-order valence-corrected chi connectivity index (χ1v) is 8.22. The molecule has 2 nitrogen and oxygen atoms in total. The van der Waals surface area contributed by atoms with Gasteiger partial charge < -0.3 is 10.2 Å². The average Bonchev–Trinajstić information content (AvgIpc) is 2.50. The van der Waals surface area contributed by atoms with Gasteiger partial charge in [-0.15, -0.1) is 0 Å². The summed E-state index contributed by atoms with van der Waals surface area (Å²) in [5.41, 5.74) is 2.76. The molecule has 0 amide bonds. The summed E-state index contributed by atoms with van der Waals surface area (Å²) < 4.78 is 0. The molecule has 2 unspecified atom stereocenters. The summed E-state index contributed by atoms with van der Waals surface area (Å²) in [6.45, 7) is 7.00. The van der Waals surface area contributed by atoms with Crippen LogP contribution in [0.2, 0.25) is 0 Å². The maximum Gasteiger partial charge on any atom is 0.0329 e. The molecule has 2 heteroatoms. The lowest BCUT2D eigenvalue weighted by Crippen LogP contribution is -2.40. The molecule has 1 saturated heterocycles. The number of benzene rings is 1. The van der Waals surface area contributed by atoms with E-state index in [1.807, 2.05) is 0 Å². The summed E-state index contributed by atoms with van der Waals surface area (Å²) >= 11 is 0. The third-order valence-electron chi connectivity index (χ3n) is 4.75. The van der Waals surface area contributed by atoms with Gasteiger partial charge in [-0.25, -0.2) is 0 Å². The standard InChI is InChI=1S/C18H30N2/c1-4-17-7-5-6-13-20(17)14-12-18(19-3)16-10-8-15(2)9-11-16/h8-11,17-19H,4-7,12-14H2,1-3H3. The van der Waals surface area contributed by atoms with Crippen LogP contribution in [0.4, 0.5) is 0 Å². The first-order chi connectivity index (χ1) is 9.74. The Morgan fingerprint density at radius 2 is 2.00 bits per heavy atom. The third-order valence-corrected chi connectivity index (χ3v) is 4.75. The van der Waals surface area contributed by atoms with Gasteiger partial charge in [-0.1, -0.05) is 43.2 Å². The Morgan fingerprint density at radius 3 is 2.65 bits per heavy atom. The van der Waals surface area contributed by atoms with E-state index in [-0.39, 0.29) is 0 Å². The second kappa shape index (κ2) is 7.80. The number of nitrogens with zero attached hydrogens (tertiary/aromatic N) is 1. The predicted molar refractivity (Wildman–Crippen MR) is 87.1 cm³/mol. The molecule has 1 aliphatic rings. The maximum atomic E-state index is 3.48. The fourth-order valence-corrected chi connectivity index (χ4v) is 3.39. The van der Waals surface area contributed by atoms with Gasteiger partial charge in [0.15, 0.2) is 0 Å². The van der Waals surface area contributed by atoms with Gasteiger partial charge in [-0.05, 0) is 51.8 Å². The fraction of sp³-hybridized carbons (Fsp3) is 0.667. The minimum absolute atomic E-state index is 0.482. The van der Waals surface area contributed by atoms with E-state index in [2.05, 4.69) is 55.4 Å². The van der Waals surface area contributed by atoms with E-state index in [4.69, 9.17) is 0 Å². The molecule has 0 saturated carbocycles. The normalized spacial score (nSPS) is 21.9. The number of piperidine rings is 1. The number of nitrogens with one attached hydrogen (secondary N) is 1. The van der Waals surface area contributed by atoms with Crippen LogP contribution in [0.3, 0.4) is 0 Å². The van der Waals surface area contributed by atoms with Crippen molar-refractivity contribution in [1.82, 2.24) is 10.2 Å². The molecule has 0 radical (unpaired) electrons. The third kappa shape index (κ3) is 4.07. The first kappa shape index (κ1) is 15.5. The van der Waals surface area contributed by atoms with Crippen LogP contribution in [-0.2, 0) is 0 Å². The zero-order chi connectivity index (χ0) is 14.4. The minimum atomic E-state index is 0.482. The van der Waals surface area contributed by atoms with Gasteiger partial charge in [0.1, 0.15) is 0 Å². The molecule has 0 spiro atoms. The molecule has 1 fully saturated rings. The molecule has 1 N–H and O–H groups in total. The molecule has 1 aliphatic heterocycles. The van der Waals surface area contributed by atoms with Crippen LogP contribution < -0.4 is 5.32 Å². The van der Waals surface area contributed by atoms with Crippen LogP contribution in [0, 0.1) is 6.92 Å². The molecule has 2 atom stereocenters. The summed E-state index contributed by atoms with van der Waals surface area (Å²) in [4.78, 5) is 2.71. The quantitative estimate of drug-likeness (QED) is 0.846. The van der Waals surface area contributed by atoms with Crippen molar-refractivity contribution in [2.45, 2.75) is 58.0 Å². The van der Waals surface area contributed by atoms with Gasteiger partial charge in [0.2, 0.25) is 0 Å². The summed E-state index contributed by atoms with van der Waals surface area (Å²) in [5.74, 6) is 0. The van der Waals surface area contributed by atoms with E-state index in [9.17, 15) is 0 Å². The predicted octanol–water partition coefficient (Wildman–Crippen LogP) is 3.91. The highest BCUT2D eigenvalue weighted by atomic mass is 15.2. The number of likely N-dealkylation sites (tertiary alicyclic amines) is 1. The average molecular weight is 274 g/mol. The van der Waals surface area contributed by atoms with E-state index in [1.54, 1.807) is 0 Å². The summed E-state index contributed by atoms with van der Waals surface area (Å²) in [6, 6.07) is 10.3. The Morgan fingerprint density at radius 1 is 1.25 bits per heavy atom. The Bertz CT molecular complexity index is 385. The van der Waals surface area contributed by atoms with Crippen LogP contribution in [-0.4, -0.2) is 31.1 Å². The second-order valence-electron chi connectivity index (χ2n) is 6.13. The van der Waals surface area contributed by atoms with Crippen molar-refractivity contribution >= 4 is 0 Å². The van der Waals surface area contributed by atoms with Crippen molar-refractivity contribution in [3.63, 3.8) is 0 Å². The molecular formula is C18H30N2. The maximum absolute atomic E-state index is 3.48. The van der Waals surface area contributed by atoms with Crippen molar-refractivity contribution in [2.24, 2.45) is 0 Å². The molecule has 112 valence electrons. The molecule has 20 heavy (non-hydrogen) atoms. The molecule has 1 aromatic carbocycles. The fourth-order valence-electron chi connectivity index (χ4n) is 3.39. The molecule has 1 aromatic rings. The van der Waals surface area contributed by atoms with Gasteiger partial charge in [0.05, 0.1) is 0 Å². The largest absolute Gasteiger partial charge is 0.313 e. The number of hydrogen-bond donors (Lipinski definition) is 1. The van der Waals surface area contributed by atoms with E-state index in [0.717, 1.165) is 6.04 Å². The van der Waals surface area contributed by atoms with Gasteiger partial charge in [-0.2, -0.15) is 0 Å². The zero-order valence-electron chi connectivity index (χ0n) is 13.4. The van der Waals surface area contributed by atoms with Crippen molar-refractivity contribution in [3.05, 3.63) is 35.4 Å². The highest BCUT2D eigenvalue weighted by Gasteiger charge is 2.21. The van der Waals surface area contributed by atoms with Crippen LogP contribution in [0.25, 0.3) is 0 Å². The Labute approximate surface area is 124 Å². The Kier molecular flexibility index (Phi) is 6.06. The first-order valence-electron chi connectivity index (χ1n) is 8.22.